The van der Waals surface area contributed by atoms with Gasteiger partial charge in [0.2, 0.25) is 5.78 Å². The molecule has 12 heavy (non-hydrogen) atoms. The third-order valence-electron chi connectivity index (χ3n) is 2.50. The van der Waals surface area contributed by atoms with E-state index in [-0.39, 0.29) is 14.9 Å². The van der Waals surface area contributed by atoms with Crippen LogP contribution in [0.15, 0.2) is 11.8 Å². The number of alkyl halides is 2. The number of ether oxygens (including phenoxy) is 1. The maximum Gasteiger partial charge on any atom is 0.202 e. The molecule has 0 spiro atoms. The first-order valence-corrected chi connectivity index (χ1v) is 5.33. The quantitative estimate of drug-likeness (QED) is 0.694. The van der Waals surface area contributed by atoms with Gasteiger partial charge in [-0.2, -0.15) is 0 Å². The number of Topliss-reactive ketones (excluding diaryl/α,β-unsaturated/α-hetero) is 1. The normalized spacial score (nSPS) is 36.9. The lowest BCUT2D eigenvalue weighted by Gasteiger charge is -2.07. The number of methoxy groups -OCH3 is 1. The molecule has 1 fully saturated rings. The third kappa shape index (κ3) is 1.01. The van der Waals surface area contributed by atoms with Crippen LogP contribution >= 0.6 is 31.9 Å². The van der Waals surface area contributed by atoms with Gasteiger partial charge in [0.1, 0.15) is 0 Å². The smallest absolute Gasteiger partial charge is 0.202 e. The van der Waals surface area contributed by atoms with Gasteiger partial charge in [-0.25, -0.2) is 0 Å². The highest BCUT2D eigenvalue weighted by atomic mass is 79.9. The average Bonchev–Trinajstić information content (AvgIpc) is 2.56. The predicted octanol–water partition coefficient (Wildman–Crippen LogP) is 2.22. The Bertz CT molecular complexity index is 270. The fourth-order valence-electron chi connectivity index (χ4n) is 1.71. The van der Waals surface area contributed by atoms with Crippen LogP contribution in [0.25, 0.3) is 0 Å². The molecular weight excluding hydrogens is 288 g/mol. The number of ketones is 1. The fourth-order valence-corrected chi connectivity index (χ4v) is 3.40. The molecule has 0 bridgehead atoms. The summed E-state index contributed by atoms with van der Waals surface area (Å²) in [6.07, 6.45) is 2.78. The maximum absolute atomic E-state index is 11.6. The summed E-state index contributed by atoms with van der Waals surface area (Å²) in [5.41, 5.74) is 0. The van der Waals surface area contributed by atoms with Gasteiger partial charge in [0, 0.05) is 5.92 Å². The van der Waals surface area contributed by atoms with Gasteiger partial charge in [-0.1, -0.05) is 31.9 Å². The van der Waals surface area contributed by atoms with Crippen LogP contribution in [0.1, 0.15) is 6.42 Å². The van der Waals surface area contributed by atoms with E-state index >= 15 is 0 Å². The topological polar surface area (TPSA) is 26.3 Å². The molecule has 0 aromatic carbocycles. The molecule has 0 heterocycles. The van der Waals surface area contributed by atoms with Crippen molar-refractivity contribution in [1.29, 1.82) is 0 Å². The highest BCUT2D eigenvalue weighted by Crippen LogP contribution is 2.65. The molecule has 2 aliphatic carbocycles. The second kappa shape index (κ2) is 2.58. The predicted molar refractivity (Wildman–Crippen MR) is 52.3 cm³/mol. The van der Waals surface area contributed by atoms with Crippen molar-refractivity contribution in [3.05, 3.63) is 11.8 Å². The molecule has 0 radical (unpaired) electrons. The van der Waals surface area contributed by atoms with E-state index in [2.05, 4.69) is 31.9 Å². The molecule has 0 unspecified atom stereocenters. The number of rotatable bonds is 1. The molecule has 0 amide bonds. The van der Waals surface area contributed by atoms with Crippen LogP contribution < -0.4 is 0 Å². The molecule has 0 aliphatic heterocycles. The number of fused-ring (bicyclic) bond motifs is 1. The number of allylic oxidation sites excluding steroid dienone is 2. The van der Waals surface area contributed by atoms with Gasteiger partial charge in [0.15, 0.2) is 5.76 Å². The van der Waals surface area contributed by atoms with Gasteiger partial charge in [0.05, 0.1) is 16.3 Å². The number of hydrogen-bond donors (Lipinski definition) is 0. The van der Waals surface area contributed by atoms with Crippen LogP contribution in [0.3, 0.4) is 0 Å². The lowest BCUT2D eigenvalue weighted by atomic mass is 10.1. The van der Waals surface area contributed by atoms with Crippen molar-refractivity contribution in [2.45, 2.75) is 9.65 Å². The van der Waals surface area contributed by atoms with E-state index in [0.29, 0.717) is 11.7 Å². The van der Waals surface area contributed by atoms with Crippen LogP contribution in [0, 0.1) is 11.8 Å². The minimum atomic E-state index is -0.159. The summed E-state index contributed by atoms with van der Waals surface area (Å²) >= 11 is 6.97. The summed E-state index contributed by atoms with van der Waals surface area (Å²) in [5.74, 6) is 1.10. The summed E-state index contributed by atoms with van der Waals surface area (Å²) in [5, 5.41) is 0. The number of hydrogen-bond acceptors (Lipinski definition) is 2. The lowest BCUT2D eigenvalue weighted by Crippen LogP contribution is -2.12. The van der Waals surface area contributed by atoms with Crippen molar-refractivity contribution in [3.8, 4) is 0 Å². The van der Waals surface area contributed by atoms with E-state index in [1.54, 1.807) is 0 Å². The standard InChI is InChI=1S/C8H8Br2O2/c1-12-5-3-2-4-6(7(5)11)8(4,9)10/h3-4,6H,2H2,1H3/t4-,6-/m1/s1. The highest BCUT2D eigenvalue weighted by molar-refractivity contribution is 9.25. The van der Waals surface area contributed by atoms with Crippen molar-refractivity contribution in [1.82, 2.24) is 0 Å². The van der Waals surface area contributed by atoms with Crippen molar-refractivity contribution in [2.24, 2.45) is 11.8 Å². The van der Waals surface area contributed by atoms with Gasteiger partial charge in [-0.05, 0) is 12.5 Å². The fraction of sp³-hybridized carbons (Fsp3) is 0.625. The van der Waals surface area contributed by atoms with Crippen LogP contribution in [-0.2, 0) is 9.53 Å². The van der Waals surface area contributed by atoms with Crippen molar-refractivity contribution < 1.29 is 9.53 Å². The van der Waals surface area contributed by atoms with Gasteiger partial charge >= 0.3 is 0 Å². The molecule has 2 atom stereocenters. The molecule has 0 aromatic rings. The minimum Gasteiger partial charge on any atom is -0.493 e. The molecule has 4 heteroatoms. The second-order valence-corrected chi connectivity index (χ2v) is 6.82. The van der Waals surface area contributed by atoms with E-state index in [4.69, 9.17) is 4.74 Å². The van der Waals surface area contributed by atoms with E-state index < -0.39 is 0 Å². The lowest BCUT2D eigenvalue weighted by molar-refractivity contribution is -0.120. The van der Waals surface area contributed by atoms with E-state index in [1.165, 1.54) is 7.11 Å². The summed E-state index contributed by atoms with van der Waals surface area (Å²) < 4.78 is 4.80. The van der Waals surface area contributed by atoms with Gasteiger partial charge in [0.25, 0.3) is 0 Å². The average molecular weight is 296 g/mol. The zero-order valence-electron chi connectivity index (χ0n) is 6.51. The largest absolute Gasteiger partial charge is 0.493 e. The van der Waals surface area contributed by atoms with Gasteiger partial charge in [-0.3, -0.25) is 4.79 Å². The SMILES string of the molecule is COC1=CC[C@@H]2[C@H](C1=O)C2(Br)Br. The summed E-state index contributed by atoms with van der Waals surface area (Å²) in [4.78, 5) is 11.6. The Hall–Kier alpha value is 0.170. The number of carbonyl (C=O) groups is 1. The Morgan fingerprint density at radius 3 is 2.92 bits per heavy atom. The van der Waals surface area contributed by atoms with Crippen LogP contribution in [0.2, 0.25) is 0 Å². The molecular formula is C8H8Br2O2. The zero-order valence-corrected chi connectivity index (χ0v) is 9.68. The molecule has 0 N–H and O–H groups in total. The summed E-state index contributed by atoms with van der Waals surface area (Å²) in [6, 6.07) is 0. The Morgan fingerprint density at radius 1 is 1.67 bits per heavy atom. The first-order chi connectivity index (χ1) is 5.59. The Morgan fingerprint density at radius 2 is 2.33 bits per heavy atom. The maximum atomic E-state index is 11.6. The first kappa shape index (κ1) is 8.75. The van der Waals surface area contributed by atoms with E-state index in [9.17, 15) is 4.79 Å². The molecule has 2 rings (SSSR count). The number of halogens is 2. The van der Waals surface area contributed by atoms with Gasteiger partial charge < -0.3 is 4.74 Å². The molecule has 2 nitrogen and oxygen atoms in total. The monoisotopic (exact) mass is 294 g/mol. The molecule has 1 saturated carbocycles. The summed E-state index contributed by atoms with van der Waals surface area (Å²) in [6.45, 7) is 0. The highest BCUT2D eigenvalue weighted by Gasteiger charge is 2.66. The third-order valence-corrected chi connectivity index (χ3v) is 4.67. The van der Waals surface area contributed by atoms with E-state index in [1.807, 2.05) is 6.08 Å². The number of carbonyl (C=O) groups excluding carboxylic acids is 1. The Kier molecular flexibility index (Phi) is 1.88. The van der Waals surface area contributed by atoms with Crippen LogP contribution in [-0.4, -0.2) is 16.1 Å². The van der Waals surface area contributed by atoms with Crippen LogP contribution in [0.4, 0.5) is 0 Å². The van der Waals surface area contributed by atoms with E-state index in [0.717, 1.165) is 6.42 Å². The van der Waals surface area contributed by atoms with Crippen LogP contribution in [0.5, 0.6) is 0 Å². The van der Waals surface area contributed by atoms with Crippen molar-refractivity contribution >= 4 is 37.6 Å². The zero-order chi connectivity index (χ0) is 8.93. The molecule has 2 aliphatic rings. The Labute approximate surface area is 87.6 Å². The minimum absolute atomic E-state index is 0.0671. The molecule has 0 saturated heterocycles. The van der Waals surface area contributed by atoms with Crippen molar-refractivity contribution in [3.63, 3.8) is 0 Å². The second-order valence-electron chi connectivity index (χ2n) is 3.13. The molecule has 66 valence electrons. The summed E-state index contributed by atoms with van der Waals surface area (Å²) in [7, 11) is 1.54. The van der Waals surface area contributed by atoms with Gasteiger partial charge in [-0.15, -0.1) is 0 Å². The first-order valence-electron chi connectivity index (χ1n) is 3.75. The Balaban J connectivity index is 2.23. The molecule has 0 aromatic heterocycles. The van der Waals surface area contributed by atoms with Crippen molar-refractivity contribution in [2.75, 3.05) is 7.11 Å².